The average Bonchev–Trinajstić information content (AvgIpc) is 3.12. The van der Waals surface area contributed by atoms with Crippen LogP contribution in [0.4, 0.5) is 0 Å². The van der Waals surface area contributed by atoms with Crippen molar-refractivity contribution in [3.05, 3.63) is 47.8 Å². The van der Waals surface area contributed by atoms with Crippen LogP contribution in [0.5, 0.6) is 0 Å². The number of aromatic nitrogens is 3. The van der Waals surface area contributed by atoms with Gasteiger partial charge in [-0.3, -0.25) is 9.88 Å². The molecule has 0 amide bonds. The van der Waals surface area contributed by atoms with Crippen LogP contribution < -0.4 is 0 Å². The molecule has 1 saturated heterocycles. The van der Waals surface area contributed by atoms with E-state index in [1.165, 1.54) is 12.0 Å². The number of nitrogens with one attached hydrogen (secondary N) is 1. The number of hydrogen-bond donors (Lipinski definition) is 1. The third-order valence-corrected chi connectivity index (χ3v) is 3.79. The number of pyridine rings is 1. The molecule has 21 heavy (non-hydrogen) atoms. The highest BCUT2D eigenvalue weighted by Gasteiger charge is 2.20. The zero-order valence-electron chi connectivity index (χ0n) is 12.5. The van der Waals surface area contributed by atoms with Gasteiger partial charge in [-0.15, -0.1) is 0 Å². The van der Waals surface area contributed by atoms with Gasteiger partial charge in [0, 0.05) is 50.5 Å². The Morgan fingerprint density at radius 2 is 2.19 bits per heavy atom. The molecule has 0 aromatic carbocycles. The summed E-state index contributed by atoms with van der Waals surface area (Å²) in [5, 5.41) is 0. The molecule has 112 valence electrons. The molecule has 0 unspecified atom stereocenters. The van der Waals surface area contributed by atoms with Crippen LogP contribution in [0.15, 0.2) is 30.7 Å². The first-order valence-corrected chi connectivity index (χ1v) is 7.53. The lowest BCUT2D eigenvalue weighted by Gasteiger charge is -2.24. The third-order valence-electron chi connectivity index (χ3n) is 3.79. The van der Waals surface area contributed by atoms with Crippen molar-refractivity contribution in [3.63, 3.8) is 0 Å². The van der Waals surface area contributed by atoms with Gasteiger partial charge >= 0.3 is 0 Å². The van der Waals surface area contributed by atoms with E-state index in [1.807, 2.05) is 25.5 Å². The minimum absolute atomic E-state index is 0.357. The van der Waals surface area contributed by atoms with E-state index in [9.17, 15) is 0 Å². The fourth-order valence-electron chi connectivity index (χ4n) is 2.80. The van der Waals surface area contributed by atoms with Crippen LogP contribution in [0.25, 0.3) is 0 Å². The van der Waals surface area contributed by atoms with E-state index >= 15 is 0 Å². The molecule has 5 heteroatoms. The molecule has 0 radical (unpaired) electrons. The maximum Gasteiger partial charge on any atom is 0.103 e. The van der Waals surface area contributed by atoms with Crippen molar-refractivity contribution >= 4 is 0 Å². The summed E-state index contributed by atoms with van der Waals surface area (Å²) >= 11 is 0. The van der Waals surface area contributed by atoms with E-state index in [0.717, 1.165) is 44.2 Å². The topological polar surface area (TPSA) is 54.0 Å². The van der Waals surface area contributed by atoms with E-state index in [0.29, 0.717) is 6.10 Å². The van der Waals surface area contributed by atoms with Gasteiger partial charge < -0.3 is 9.72 Å². The second-order valence-corrected chi connectivity index (χ2v) is 5.65. The number of aryl methyl sites for hydroxylation is 1. The highest BCUT2D eigenvalue weighted by Crippen LogP contribution is 2.16. The Labute approximate surface area is 125 Å². The summed E-state index contributed by atoms with van der Waals surface area (Å²) in [5.41, 5.74) is 2.43. The fourth-order valence-corrected chi connectivity index (χ4v) is 2.80. The van der Waals surface area contributed by atoms with Crippen LogP contribution in [0, 0.1) is 6.92 Å². The second kappa shape index (κ2) is 6.83. The molecule has 2 aromatic heterocycles. The van der Waals surface area contributed by atoms with Gasteiger partial charge in [-0.1, -0.05) is 0 Å². The standard InChI is InChI=1S/C16H22N4O/c1-13-18-9-15(19-13)11-20(12-16-3-2-8-21-16)10-14-4-6-17-7-5-14/h4-7,9,16H,2-3,8,10-12H2,1H3,(H,18,19)/t16-/m1/s1. The SMILES string of the molecule is Cc1ncc(CN(Cc2ccncc2)C[C@H]2CCCO2)[nH]1. The van der Waals surface area contributed by atoms with Gasteiger partial charge in [0.25, 0.3) is 0 Å². The molecular weight excluding hydrogens is 264 g/mol. The van der Waals surface area contributed by atoms with Crippen molar-refractivity contribution in [1.82, 2.24) is 19.9 Å². The summed E-state index contributed by atoms with van der Waals surface area (Å²) < 4.78 is 5.78. The first-order chi connectivity index (χ1) is 10.3. The van der Waals surface area contributed by atoms with Crippen LogP contribution in [-0.4, -0.2) is 39.1 Å². The lowest BCUT2D eigenvalue weighted by atomic mass is 10.2. The monoisotopic (exact) mass is 286 g/mol. The Hall–Kier alpha value is -1.72. The Morgan fingerprint density at radius 1 is 1.33 bits per heavy atom. The van der Waals surface area contributed by atoms with Crippen molar-refractivity contribution in [3.8, 4) is 0 Å². The molecule has 3 rings (SSSR count). The molecule has 2 aromatic rings. The fraction of sp³-hybridized carbons (Fsp3) is 0.500. The molecule has 0 aliphatic carbocycles. The molecule has 1 aliphatic heterocycles. The van der Waals surface area contributed by atoms with Gasteiger partial charge in [0.1, 0.15) is 5.82 Å². The van der Waals surface area contributed by atoms with Crippen LogP contribution in [0.3, 0.4) is 0 Å². The highest BCUT2D eigenvalue weighted by atomic mass is 16.5. The lowest BCUT2D eigenvalue weighted by molar-refractivity contribution is 0.0675. The number of ether oxygens (including phenoxy) is 1. The summed E-state index contributed by atoms with van der Waals surface area (Å²) in [7, 11) is 0. The predicted octanol–water partition coefficient (Wildman–Crippen LogP) is 2.29. The van der Waals surface area contributed by atoms with Crippen molar-refractivity contribution in [2.45, 2.75) is 39.0 Å². The van der Waals surface area contributed by atoms with E-state index < -0.39 is 0 Å². The number of imidazole rings is 1. The van der Waals surface area contributed by atoms with Crippen LogP contribution in [0.2, 0.25) is 0 Å². The average molecular weight is 286 g/mol. The third kappa shape index (κ3) is 4.12. The number of nitrogens with zero attached hydrogens (tertiary/aromatic N) is 3. The molecule has 1 N–H and O–H groups in total. The maximum atomic E-state index is 5.78. The summed E-state index contributed by atoms with van der Waals surface area (Å²) in [6.07, 6.45) is 8.31. The van der Waals surface area contributed by atoms with Crippen molar-refractivity contribution in [1.29, 1.82) is 0 Å². The van der Waals surface area contributed by atoms with Crippen molar-refractivity contribution < 1.29 is 4.74 Å². The first-order valence-electron chi connectivity index (χ1n) is 7.53. The van der Waals surface area contributed by atoms with Crippen LogP contribution in [0.1, 0.15) is 29.9 Å². The van der Waals surface area contributed by atoms with Gasteiger partial charge in [0.15, 0.2) is 0 Å². The Bertz CT molecular complexity index is 548. The molecule has 1 aliphatic rings. The second-order valence-electron chi connectivity index (χ2n) is 5.65. The molecule has 0 bridgehead atoms. The van der Waals surface area contributed by atoms with Crippen molar-refractivity contribution in [2.75, 3.05) is 13.2 Å². The first kappa shape index (κ1) is 14.2. The molecule has 5 nitrogen and oxygen atoms in total. The Morgan fingerprint density at radius 3 is 2.86 bits per heavy atom. The Balaban J connectivity index is 1.67. The lowest BCUT2D eigenvalue weighted by Crippen LogP contribution is -2.31. The predicted molar refractivity (Wildman–Crippen MR) is 80.6 cm³/mol. The van der Waals surface area contributed by atoms with Gasteiger partial charge in [0.05, 0.1) is 6.10 Å². The number of rotatable bonds is 6. The molecule has 1 fully saturated rings. The van der Waals surface area contributed by atoms with E-state index in [4.69, 9.17) is 4.74 Å². The number of hydrogen-bond acceptors (Lipinski definition) is 4. The Kier molecular flexibility index (Phi) is 4.62. The molecule has 1 atom stereocenters. The molecular formula is C16H22N4O. The largest absolute Gasteiger partial charge is 0.377 e. The smallest absolute Gasteiger partial charge is 0.103 e. The minimum atomic E-state index is 0.357. The summed E-state index contributed by atoms with van der Waals surface area (Å²) in [6, 6.07) is 4.14. The van der Waals surface area contributed by atoms with Gasteiger partial charge in [-0.25, -0.2) is 4.98 Å². The van der Waals surface area contributed by atoms with E-state index in [2.05, 4.69) is 32.0 Å². The number of H-pyrrole nitrogens is 1. The zero-order valence-corrected chi connectivity index (χ0v) is 12.5. The maximum absolute atomic E-state index is 5.78. The zero-order chi connectivity index (χ0) is 14.5. The van der Waals surface area contributed by atoms with Gasteiger partial charge in [-0.2, -0.15) is 0 Å². The number of aromatic amines is 1. The van der Waals surface area contributed by atoms with Crippen LogP contribution >= 0.6 is 0 Å². The summed E-state index contributed by atoms with van der Waals surface area (Å²) in [4.78, 5) is 14.1. The van der Waals surface area contributed by atoms with Gasteiger partial charge in [-0.05, 0) is 37.5 Å². The van der Waals surface area contributed by atoms with Gasteiger partial charge in [0.2, 0.25) is 0 Å². The molecule has 0 saturated carbocycles. The normalized spacial score (nSPS) is 18.5. The molecule has 0 spiro atoms. The van der Waals surface area contributed by atoms with E-state index in [1.54, 1.807) is 0 Å². The van der Waals surface area contributed by atoms with E-state index in [-0.39, 0.29) is 0 Å². The quantitative estimate of drug-likeness (QED) is 0.885. The molecule has 3 heterocycles. The summed E-state index contributed by atoms with van der Waals surface area (Å²) in [5.74, 6) is 0.964. The summed E-state index contributed by atoms with van der Waals surface area (Å²) in [6.45, 7) is 5.61. The van der Waals surface area contributed by atoms with Crippen LogP contribution in [-0.2, 0) is 17.8 Å². The van der Waals surface area contributed by atoms with Crippen molar-refractivity contribution in [2.24, 2.45) is 0 Å². The highest BCUT2D eigenvalue weighted by molar-refractivity contribution is 5.10. The minimum Gasteiger partial charge on any atom is -0.377 e.